The smallest absolute Gasteiger partial charge is 0.330 e. The van der Waals surface area contributed by atoms with E-state index in [0.29, 0.717) is 18.7 Å². The van der Waals surface area contributed by atoms with Gasteiger partial charge in [-0.15, -0.1) is 0 Å². The Kier molecular flexibility index (Phi) is 6.60. The molecule has 0 amide bonds. The lowest BCUT2D eigenvalue weighted by Crippen LogP contribution is -2.39. The third-order valence-electron chi connectivity index (χ3n) is 4.18. The number of nitrogens with two attached hydrogens (primary N) is 1. The zero-order chi connectivity index (χ0) is 19.3. The van der Waals surface area contributed by atoms with E-state index in [2.05, 4.69) is 4.98 Å². The van der Waals surface area contributed by atoms with Crippen LogP contribution >= 0.6 is 0 Å². The maximum Gasteiger partial charge on any atom is 0.330 e. The summed E-state index contributed by atoms with van der Waals surface area (Å²) in [7, 11) is 0. The van der Waals surface area contributed by atoms with E-state index in [1.54, 1.807) is 23.1 Å². The lowest BCUT2D eigenvalue weighted by molar-refractivity contribution is 0.506. The Morgan fingerprint density at radius 3 is 2.58 bits per heavy atom. The van der Waals surface area contributed by atoms with Gasteiger partial charge in [-0.2, -0.15) is 0 Å². The number of hydrogen-bond donors (Lipinski definition) is 2. The van der Waals surface area contributed by atoms with Crippen LogP contribution in [0.2, 0.25) is 0 Å². The van der Waals surface area contributed by atoms with Crippen molar-refractivity contribution in [2.45, 2.75) is 46.7 Å². The average molecular weight is 362 g/mol. The number of nitrogens with one attached hydrogen (secondary N) is 1. The van der Waals surface area contributed by atoms with E-state index in [0.717, 1.165) is 12.8 Å². The first-order valence-corrected chi connectivity index (χ1v) is 8.96. The first kappa shape index (κ1) is 19.8. The number of H-pyrrole nitrogens is 1. The summed E-state index contributed by atoms with van der Waals surface area (Å²) >= 11 is 0. The molecule has 0 atom stereocenters. The normalized spacial score (nSPS) is 11.1. The van der Waals surface area contributed by atoms with Crippen LogP contribution in [-0.2, 0) is 13.1 Å². The Labute approximate surface area is 152 Å². The number of hydrogen-bond acceptors (Lipinski definition) is 4. The Balaban J connectivity index is 2.52. The third kappa shape index (κ3) is 4.53. The molecule has 3 N–H and O–H groups in total. The molecular weight excluding hydrogens is 335 g/mol. The van der Waals surface area contributed by atoms with Gasteiger partial charge in [0.2, 0.25) is 0 Å². The van der Waals surface area contributed by atoms with E-state index in [4.69, 9.17) is 5.73 Å². The molecular formula is C19H27FN4O2. The number of anilines is 2. The van der Waals surface area contributed by atoms with Gasteiger partial charge < -0.3 is 10.6 Å². The fourth-order valence-electron chi connectivity index (χ4n) is 2.88. The second kappa shape index (κ2) is 8.69. The molecule has 0 fully saturated rings. The molecule has 2 rings (SSSR count). The van der Waals surface area contributed by atoms with Crippen molar-refractivity contribution in [3.8, 4) is 0 Å². The van der Waals surface area contributed by atoms with Gasteiger partial charge in [0.15, 0.2) is 0 Å². The van der Waals surface area contributed by atoms with Crippen molar-refractivity contribution < 1.29 is 4.39 Å². The maximum absolute atomic E-state index is 14.1. The lowest BCUT2D eigenvalue weighted by atomic mass is 10.1. The molecule has 142 valence electrons. The van der Waals surface area contributed by atoms with Crippen LogP contribution in [0.4, 0.5) is 15.9 Å². The summed E-state index contributed by atoms with van der Waals surface area (Å²) < 4.78 is 15.5. The predicted molar refractivity (Wildman–Crippen MR) is 103 cm³/mol. The van der Waals surface area contributed by atoms with E-state index in [9.17, 15) is 14.0 Å². The van der Waals surface area contributed by atoms with E-state index in [1.807, 2.05) is 20.8 Å². The van der Waals surface area contributed by atoms with Crippen LogP contribution in [0.15, 0.2) is 33.9 Å². The molecule has 0 aliphatic carbocycles. The Morgan fingerprint density at radius 1 is 1.27 bits per heavy atom. The second-order valence-corrected chi connectivity index (χ2v) is 6.86. The van der Waals surface area contributed by atoms with Gasteiger partial charge in [-0.1, -0.05) is 45.4 Å². The van der Waals surface area contributed by atoms with Crippen molar-refractivity contribution in [2.24, 2.45) is 5.92 Å². The largest absolute Gasteiger partial charge is 0.383 e. The highest BCUT2D eigenvalue weighted by Gasteiger charge is 2.20. The number of aromatic amines is 1. The first-order valence-electron chi connectivity index (χ1n) is 8.96. The predicted octanol–water partition coefficient (Wildman–Crippen LogP) is 2.72. The van der Waals surface area contributed by atoms with Gasteiger partial charge in [0.1, 0.15) is 17.3 Å². The zero-order valence-electron chi connectivity index (χ0n) is 15.6. The fourth-order valence-corrected chi connectivity index (χ4v) is 2.88. The molecule has 1 aromatic heterocycles. The zero-order valence-corrected chi connectivity index (χ0v) is 15.6. The van der Waals surface area contributed by atoms with Crippen LogP contribution in [0.3, 0.4) is 0 Å². The quantitative estimate of drug-likeness (QED) is 0.756. The third-order valence-corrected chi connectivity index (χ3v) is 4.18. The average Bonchev–Trinajstić information content (AvgIpc) is 2.57. The number of halogens is 1. The highest BCUT2D eigenvalue weighted by atomic mass is 19.1. The molecule has 0 aliphatic heterocycles. The molecule has 1 aromatic carbocycles. The Hall–Kier alpha value is -2.57. The van der Waals surface area contributed by atoms with E-state index in [-0.39, 0.29) is 29.8 Å². The summed E-state index contributed by atoms with van der Waals surface area (Å²) in [5, 5.41) is 0. The van der Waals surface area contributed by atoms with Crippen molar-refractivity contribution in [2.75, 3.05) is 17.2 Å². The molecule has 0 saturated carbocycles. The van der Waals surface area contributed by atoms with Crippen molar-refractivity contribution in [3.63, 3.8) is 0 Å². The van der Waals surface area contributed by atoms with Crippen LogP contribution in [0, 0.1) is 11.7 Å². The van der Waals surface area contributed by atoms with Crippen LogP contribution in [-0.4, -0.2) is 16.1 Å². The molecule has 0 bridgehead atoms. The highest BCUT2D eigenvalue weighted by Crippen LogP contribution is 2.21. The number of nitrogens with zero attached hydrogens (tertiary/aromatic N) is 2. The van der Waals surface area contributed by atoms with Gasteiger partial charge in [-0.25, -0.2) is 9.18 Å². The molecule has 0 saturated heterocycles. The number of rotatable bonds is 8. The second-order valence-electron chi connectivity index (χ2n) is 6.86. The molecule has 26 heavy (non-hydrogen) atoms. The summed E-state index contributed by atoms with van der Waals surface area (Å²) in [5.74, 6) is -0.0243. The van der Waals surface area contributed by atoms with E-state index < -0.39 is 11.2 Å². The highest BCUT2D eigenvalue weighted by molar-refractivity contribution is 5.62. The van der Waals surface area contributed by atoms with Gasteiger partial charge in [0.25, 0.3) is 5.56 Å². The van der Waals surface area contributed by atoms with Crippen molar-refractivity contribution in [1.82, 2.24) is 9.55 Å². The Morgan fingerprint density at radius 2 is 1.96 bits per heavy atom. The summed E-state index contributed by atoms with van der Waals surface area (Å²) in [5.41, 5.74) is 5.84. The molecule has 0 unspecified atom stereocenters. The van der Waals surface area contributed by atoms with Crippen LogP contribution in [0.1, 0.15) is 39.2 Å². The van der Waals surface area contributed by atoms with Crippen LogP contribution in [0.25, 0.3) is 0 Å². The summed E-state index contributed by atoms with van der Waals surface area (Å²) in [4.78, 5) is 28.7. The number of nitrogen functional groups attached to an aromatic ring is 1. The SMILES string of the molecule is CCCCN(Cc1ccccc1F)c1c(N)n(CC(C)C)c(=O)[nH]c1=O. The minimum atomic E-state index is -0.542. The van der Waals surface area contributed by atoms with Crippen LogP contribution < -0.4 is 21.9 Å². The molecule has 0 radical (unpaired) electrons. The number of benzene rings is 1. The summed E-state index contributed by atoms with van der Waals surface area (Å²) in [6.07, 6.45) is 1.73. The van der Waals surface area contributed by atoms with Gasteiger partial charge in [-0.3, -0.25) is 14.3 Å². The standard InChI is InChI=1S/C19H27FN4O2/c1-4-5-10-23(12-14-8-6-7-9-15(14)20)16-17(21)24(11-13(2)3)19(26)22-18(16)25/h6-9,13H,4-5,10-12,21H2,1-3H3,(H,22,25,26). The van der Waals surface area contributed by atoms with E-state index >= 15 is 0 Å². The Bertz CT molecular complexity index is 857. The molecule has 1 heterocycles. The molecule has 2 aromatic rings. The summed E-state index contributed by atoms with van der Waals surface area (Å²) in [6, 6.07) is 6.45. The van der Waals surface area contributed by atoms with Gasteiger partial charge in [-0.05, 0) is 18.4 Å². The van der Waals surface area contributed by atoms with Crippen molar-refractivity contribution in [3.05, 3.63) is 56.5 Å². The number of unbranched alkanes of at least 4 members (excludes halogenated alkanes) is 1. The lowest BCUT2D eigenvalue weighted by Gasteiger charge is -2.26. The van der Waals surface area contributed by atoms with Gasteiger partial charge in [0, 0.05) is 25.2 Å². The first-order chi connectivity index (χ1) is 12.3. The van der Waals surface area contributed by atoms with E-state index in [1.165, 1.54) is 10.6 Å². The molecule has 0 aliphatic rings. The summed E-state index contributed by atoms with van der Waals surface area (Å²) in [6.45, 7) is 7.11. The molecule has 7 heteroatoms. The minimum Gasteiger partial charge on any atom is -0.383 e. The molecule has 6 nitrogen and oxygen atoms in total. The fraction of sp³-hybridized carbons (Fsp3) is 0.474. The monoisotopic (exact) mass is 362 g/mol. The van der Waals surface area contributed by atoms with Crippen molar-refractivity contribution >= 4 is 11.5 Å². The minimum absolute atomic E-state index is 0.125. The van der Waals surface area contributed by atoms with Gasteiger partial charge in [0.05, 0.1) is 0 Å². The van der Waals surface area contributed by atoms with Crippen molar-refractivity contribution in [1.29, 1.82) is 0 Å². The molecule has 0 spiro atoms. The topological polar surface area (TPSA) is 84.1 Å². The van der Waals surface area contributed by atoms with Crippen LogP contribution in [0.5, 0.6) is 0 Å². The van der Waals surface area contributed by atoms with Gasteiger partial charge >= 0.3 is 5.69 Å². The number of aromatic nitrogens is 2. The maximum atomic E-state index is 14.1.